The second kappa shape index (κ2) is 5.79. The van der Waals surface area contributed by atoms with Crippen molar-refractivity contribution in [1.82, 2.24) is 10.7 Å². The van der Waals surface area contributed by atoms with Crippen LogP contribution in [0.5, 0.6) is 5.75 Å². The molecule has 0 aromatic heterocycles. The number of hydrazone groups is 1. The summed E-state index contributed by atoms with van der Waals surface area (Å²) in [5.41, 5.74) is 3.49. The molecular weight excluding hydrogens is 270 g/mol. The minimum atomic E-state index is 0.213. The monoisotopic (exact) mass is 289 g/mol. The van der Waals surface area contributed by atoms with Crippen molar-refractivity contribution in [2.24, 2.45) is 16.9 Å². The molecule has 2 aliphatic rings. The summed E-state index contributed by atoms with van der Waals surface area (Å²) in [6, 6.07) is 7.57. The third-order valence-corrected chi connectivity index (χ3v) is 4.57. The van der Waals surface area contributed by atoms with E-state index in [1.807, 2.05) is 6.07 Å². The molecule has 106 valence electrons. The summed E-state index contributed by atoms with van der Waals surface area (Å²) in [7, 11) is 0. The van der Waals surface area contributed by atoms with E-state index in [1.165, 1.54) is 25.7 Å². The van der Waals surface area contributed by atoms with Gasteiger partial charge in [-0.2, -0.15) is 5.10 Å². The van der Waals surface area contributed by atoms with Crippen LogP contribution in [0.2, 0.25) is 0 Å². The van der Waals surface area contributed by atoms with E-state index in [0.717, 1.165) is 11.8 Å². The predicted octanol–water partition coefficient (Wildman–Crippen LogP) is 2.38. The van der Waals surface area contributed by atoms with Gasteiger partial charge in [-0.15, -0.1) is 0 Å². The maximum atomic E-state index is 9.61. The summed E-state index contributed by atoms with van der Waals surface area (Å²) in [6.45, 7) is 0. The van der Waals surface area contributed by atoms with Crippen LogP contribution in [-0.2, 0) is 0 Å². The number of fused-ring (bicyclic) bond motifs is 2. The summed E-state index contributed by atoms with van der Waals surface area (Å²) >= 11 is 5.26. The summed E-state index contributed by atoms with van der Waals surface area (Å²) in [4.78, 5) is 0. The van der Waals surface area contributed by atoms with Crippen LogP contribution in [0.1, 0.15) is 31.2 Å². The molecule has 1 aromatic carbocycles. The van der Waals surface area contributed by atoms with Gasteiger partial charge in [0, 0.05) is 11.6 Å². The third-order valence-electron chi connectivity index (χ3n) is 4.36. The Hall–Kier alpha value is -1.62. The molecule has 5 heteroatoms. The Morgan fingerprint density at radius 3 is 2.85 bits per heavy atom. The topological polar surface area (TPSA) is 56.7 Å². The fraction of sp³-hybridized carbons (Fsp3) is 0.467. The standard InChI is InChI=1S/C15H19N3OS/c19-14-4-2-1-3-12(14)9-16-18-15(20)17-13-8-10-5-6-11(13)7-10/h1-4,9-11,13,19H,5-8H2,(H2,17,18,20)/b16-9-/t10-,11-,13+/m0/s1. The summed E-state index contributed by atoms with van der Waals surface area (Å²) in [6.07, 6.45) is 6.86. The molecule has 0 aliphatic heterocycles. The fourth-order valence-corrected chi connectivity index (χ4v) is 3.58. The first kappa shape index (κ1) is 13.4. The number of phenolic OH excluding ortho intramolecular Hbond substituents is 1. The summed E-state index contributed by atoms with van der Waals surface area (Å²) in [5, 5.41) is 17.6. The van der Waals surface area contributed by atoms with Crippen molar-refractivity contribution < 1.29 is 5.11 Å². The lowest BCUT2D eigenvalue weighted by Gasteiger charge is -2.23. The van der Waals surface area contributed by atoms with Gasteiger partial charge in [-0.05, 0) is 55.4 Å². The van der Waals surface area contributed by atoms with Gasteiger partial charge < -0.3 is 10.4 Å². The lowest BCUT2D eigenvalue weighted by atomic mass is 9.96. The van der Waals surface area contributed by atoms with Gasteiger partial charge in [0.25, 0.3) is 0 Å². The minimum Gasteiger partial charge on any atom is -0.507 e. The van der Waals surface area contributed by atoms with Crippen molar-refractivity contribution in [2.75, 3.05) is 0 Å². The average Bonchev–Trinajstić information content (AvgIpc) is 3.03. The zero-order valence-corrected chi connectivity index (χ0v) is 12.1. The zero-order chi connectivity index (χ0) is 13.9. The largest absolute Gasteiger partial charge is 0.507 e. The maximum Gasteiger partial charge on any atom is 0.187 e. The summed E-state index contributed by atoms with van der Waals surface area (Å²) in [5.74, 6) is 1.89. The number of rotatable bonds is 3. The molecule has 0 unspecified atom stereocenters. The Kier molecular flexibility index (Phi) is 3.87. The zero-order valence-electron chi connectivity index (χ0n) is 11.2. The second-order valence-electron chi connectivity index (χ2n) is 5.68. The van der Waals surface area contributed by atoms with Crippen molar-refractivity contribution in [3.63, 3.8) is 0 Å². The number of nitrogens with zero attached hydrogens (tertiary/aromatic N) is 1. The van der Waals surface area contributed by atoms with E-state index in [9.17, 15) is 5.11 Å². The highest BCUT2D eigenvalue weighted by atomic mass is 32.1. The Morgan fingerprint density at radius 2 is 2.15 bits per heavy atom. The summed E-state index contributed by atoms with van der Waals surface area (Å²) < 4.78 is 0. The van der Waals surface area contributed by atoms with Crippen LogP contribution in [0.25, 0.3) is 0 Å². The van der Waals surface area contributed by atoms with Crippen LogP contribution in [-0.4, -0.2) is 22.5 Å². The smallest absolute Gasteiger partial charge is 0.187 e. The van der Waals surface area contributed by atoms with E-state index in [1.54, 1.807) is 24.4 Å². The first-order chi connectivity index (χ1) is 9.72. The second-order valence-corrected chi connectivity index (χ2v) is 6.09. The molecule has 0 saturated heterocycles. The highest BCUT2D eigenvalue weighted by Gasteiger charge is 2.39. The first-order valence-corrected chi connectivity index (χ1v) is 7.51. The minimum absolute atomic E-state index is 0.213. The van der Waals surface area contributed by atoms with Crippen LogP contribution >= 0.6 is 12.2 Å². The van der Waals surface area contributed by atoms with Crippen LogP contribution in [0.15, 0.2) is 29.4 Å². The van der Waals surface area contributed by atoms with Gasteiger partial charge in [0.15, 0.2) is 5.11 Å². The van der Waals surface area contributed by atoms with E-state index in [2.05, 4.69) is 15.8 Å². The molecule has 0 heterocycles. The lowest BCUT2D eigenvalue weighted by molar-refractivity contribution is 0.389. The number of aromatic hydroxyl groups is 1. The molecule has 2 bridgehead atoms. The third kappa shape index (κ3) is 2.93. The van der Waals surface area contributed by atoms with E-state index in [-0.39, 0.29) is 5.75 Å². The van der Waals surface area contributed by atoms with Gasteiger partial charge in [0.1, 0.15) is 5.75 Å². The SMILES string of the molecule is Oc1ccccc1/C=N\NC(=S)N[C@@H]1C[C@H]2CC[C@H]1C2. The van der Waals surface area contributed by atoms with E-state index in [0.29, 0.717) is 16.7 Å². The van der Waals surface area contributed by atoms with E-state index < -0.39 is 0 Å². The molecule has 0 radical (unpaired) electrons. The van der Waals surface area contributed by atoms with Crippen molar-refractivity contribution in [3.05, 3.63) is 29.8 Å². The Bertz CT molecular complexity index is 532. The number of nitrogens with one attached hydrogen (secondary N) is 2. The molecular formula is C15H19N3OS. The molecule has 2 aliphatic carbocycles. The van der Waals surface area contributed by atoms with Gasteiger partial charge in [-0.3, -0.25) is 5.43 Å². The van der Waals surface area contributed by atoms with Crippen LogP contribution in [0.3, 0.4) is 0 Å². The Morgan fingerprint density at radius 1 is 1.30 bits per heavy atom. The lowest BCUT2D eigenvalue weighted by Crippen LogP contribution is -2.42. The quantitative estimate of drug-likeness (QED) is 0.454. The molecule has 1 aromatic rings. The first-order valence-electron chi connectivity index (χ1n) is 7.10. The van der Waals surface area contributed by atoms with Gasteiger partial charge in [-0.25, -0.2) is 0 Å². The number of phenols is 1. The van der Waals surface area contributed by atoms with Crippen LogP contribution < -0.4 is 10.7 Å². The molecule has 4 nitrogen and oxygen atoms in total. The number of benzene rings is 1. The molecule has 3 N–H and O–H groups in total. The molecule has 3 rings (SSSR count). The van der Waals surface area contributed by atoms with Gasteiger partial charge in [-0.1, -0.05) is 18.6 Å². The van der Waals surface area contributed by atoms with Crippen molar-refractivity contribution >= 4 is 23.5 Å². The number of hydrogen-bond acceptors (Lipinski definition) is 3. The van der Waals surface area contributed by atoms with Crippen LogP contribution in [0, 0.1) is 11.8 Å². The Labute approximate surface area is 124 Å². The molecule has 0 amide bonds. The highest BCUT2D eigenvalue weighted by Crippen LogP contribution is 2.44. The fourth-order valence-electron chi connectivity index (χ4n) is 3.38. The molecule has 0 spiro atoms. The molecule has 3 atom stereocenters. The molecule has 2 fully saturated rings. The van der Waals surface area contributed by atoms with Gasteiger partial charge in [0.2, 0.25) is 0 Å². The normalized spacial score (nSPS) is 27.9. The molecule has 2 saturated carbocycles. The number of para-hydroxylation sites is 1. The number of thiocarbonyl (C=S) groups is 1. The van der Waals surface area contributed by atoms with Gasteiger partial charge in [0.05, 0.1) is 6.21 Å². The van der Waals surface area contributed by atoms with Gasteiger partial charge >= 0.3 is 0 Å². The van der Waals surface area contributed by atoms with E-state index in [4.69, 9.17) is 12.2 Å². The number of hydrogen-bond donors (Lipinski definition) is 3. The van der Waals surface area contributed by atoms with Crippen molar-refractivity contribution in [2.45, 2.75) is 31.7 Å². The van der Waals surface area contributed by atoms with Crippen molar-refractivity contribution in [1.29, 1.82) is 0 Å². The molecule has 20 heavy (non-hydrogen) atoms. The van der Waals surface area contributed by atoms with Crippen molar-refractivity contribution in [3.8, 4) is 5.75 Å². The van der Waals surface area contributed by atoms with E-state index >= 15 is 0 Å². The highest BCUT2D eigenvalue weighted by molar-refractivity contribution is 7.80. The Balaban J connectivity index is 1.49. The predicted molar refractivity (Wildman–Crippen MR) is 83.8 cm³/mol. The maximum absolute atomic E-state index is 9.61. The van der Waals surface area contributed by atoms with Crippen LogP contribution in [0.4, 0.5) is 0 Å². The average molecular weight is 289 g/mol.